The molecule has 6 nitrogen and oxygen atoms in total. The van der Waals surface area contributed by atoms with Crippen molar-refractivity contribution in [2.24, 2.45) is 5.92 Å². The molecule has 1 saturated heterocycles. The Hall–Kier alpha value is -1.30. The fraction of sp³-hybridized carbons (Fsp3) is 0.857. The first-order valence-electron chi connectivity index (χ1n) is 7.38. The summed E-state index contributed by atoms with van der Waals surface area (Å²) in [5.74, 6) is -0.107. The van der Waals surface area contributed by atoms with Gasteiger partial charge in [-0.05, 0) is 51.7 Å². The molecule has 0 aromatic heterocycles. The number of piperidine rings is 1. The molecule has 1 aliphatic heterocycles. The fourth-order valence-electron chi connectivity index (χ4n) is 2.44. The SMILES string of the molecule is CN1CCC(CCNC(=O)N(C)CCCC(=O)O)CC1. The second-order valence-electron chi connectivity index (χ2n) is 5.69. The van der Waals surface area contributed by atoms with Gasteiger partial charge in [0.1, 0.15) is 0 Å². The van der Waals surface area contributed by atoms with Gasteiger partial charge in [0.25, 0.3) is 0 Å². The molecule has 0 unspecified atom stereocenters. The highest BCUT2D eigenvalue weighted by Crippen LogP contribution is 2.18. The van der Waals surface area contributed by atoms with Crippen LogP contribution in [0.1, 0.15) is 32.1 Å². The summed E-state index contributed by atoms with van der Waals surface area (Å²) in [4.78, 5) is 26.1. The number of aliphatic carboxylic acids is 1. The van der Waals surface area contributed by atoms with E-state index in [1.165, 1.54) is 12.8 Å². The number of carboxylic acid groups (broad SMARTS) is 1. The third-order valence-electron chi connectivity index (χ3n) is 3.90. The second kappa shape index (κ2) is 8.79. The first-order chi connectivity index (χ1) is 9.49. The number of carboxylic acids is 1. The van der Waals surface area contributed by atoms with Crippen LogP contribution in [0.5, 0.6) is 0 Å². The lowest BCUT2D eigenvalue weighted by atomic mass is 9.94. The smallest absolute Gasteiger partial charge is 0.317 e. The van der Waals surface area contributed by atoms with Gasteiger partial charge in [-0.3, -0.25) is 4.79 Å². The van der Waals surface area contributed by atoms with E-state index in [1.807, 2.05) is 0 Å². The van der Waals surface area contributed by atoms with Crippen LogP contribution in [0.25, 0.3) is 0 Å². The highest BCUT2D eigenvalue weighted by Gasteiger charge is 2.16. The van der Waals surface area contributed by atoms with Crippen LogP contribution in [0.15, 0.2) is 0 Å². The zero-order chi connectivity index (χ0) is 15.0. The van der Waals surface area contributed by atoms with E-state index >= 15 is 0 Å². The third kappa shape index (κ3) is 6.75. The average molecular weight is 285 g/mol. The van der Waals surface area contributed by atoms with E-state index in [4.69, 9.17) is 5.11 Å². The number of nitrogens with one attached hydrogen (secondary N) is 1. The number of rotatable bonds is 7. The number of amides is 2. The van der Waals surface area contributed by atoms with Gasteiger partial charge in [-0.25, -0.2) is 4.79 Å². The maximum absolute atomic E-state index is 11.8. The molecule has 1 rings (SSSR count). The van der Waals surface area contributed by atoms with Crippen LogP contribution in [0.3, 0.4) is 0 Å². The van der Waals surface area contributed by atoms with Crippen molar-refractivity contribution in [2.45, 2.75) is 32.1 Å². The zero-order valence-electron chi connectivity index (χ0n) is 12.6. The maximum atomic E-state index is 11.8. The van der Waals surface area contributed by atoms with Crippen LogP contribution in [0.2, 0.25) is 0 Å². The van der Waals surface area contributed by atoms with Gasteiger partial charge in [-0.2, -0.15) is 0 Å². The summed E-state index contributed by atoms with van der Waals surface area (Å²) < 4.78 is 0. The van der Waals surface area contributed by atoms with E-state index < -0.39 is 5.97 Å². The van der Waals surface area contributed by atoms with E-state index in [1.54, 1.807) is 11.9 Å². The third-order valence-corrected chi connectivity index (χ3v) is 3.90. The van der Waals surface area contributed by atoms with Gasteiger partial charge in [-0.1, -0.05) is 0 Å². The number of likely N-dealkylation sites (tertiary alicyclic amines) is 1. The molecule has 0 aromatic carbocycles. The first kappa shape index (κ1) is 16.8. The minimum atomic E-state index is -0.818. The Morgan fingerprint density at radius 2 is 2.00 bits per heavy atom. The predicted molar refractivity (Wildman–Crippen MR) is 77.7 cm³/mol. The minimum Gasteiger partial charge on any atom is -0.481 e. The summed E-state index contributed by atoms with van der Waals surface area (Å²) in [5.41, 5.74) is 0. The predicted octanol–water partition coefficient (Wildman–Crippen LogP) is 1.22. The molecule has 6 heteroatoms. The average Bonchev–Trinajstić information content (AvgIpc) is 2.40. The molecule has 1 heterocycles. The molecule has 2 N–H and O–H groups in total. The van der Waals surface area contributed by atoms with Gasteiger partial charge in [0.2, 0.25) is 0 Å². The summed E-state index contributed by atoms with van der Waals surface area (Å²) in [6.45, 7) is 3.48. The fourth-order valence-corrected chi connectivity index (χ4v) is 2.44. The highest BCUT2D eigenvalue weighted by molar-refractivity contribution is 5.73. The highest BCUT2D eigenvalue weighted by atomic mass is 16.4. The quantitative estimate of drug-likeness (QED) is 0.738. The van der Waals surface area contributed by atoms with Gasteiger partial charge in [0.15, 0.2) is 0 Å². The number of carbonyl (C=O) groups is 2. The number of carbonyl (C=O) groups excluding carboxylic acids is 1. The molecule has 20 heavy (non-hydrogen) atoms. The van der Waals surface area contributed by atoms with E-state index in [0.29, 0.717) is 25.4 Å². The molecule has 1 fully saturated rings. The summed E-state index contributed by atoms with van der Waals surface area (Å²) in [6, 6.07) is -0.108. The number of hydrogen-bond acceptors (Lipinski definition) is 3. The lowest BCUT2D eigenvalue weighted by Crippen LogP contribution is -2.39. The Balaban J connectivity index is 2.08. The molecule has 0 bridgehead atoms. The van der Waals surface area contributed by atoms with Crippen molar-refractivity contribution >= 4 is 12.0 Å². The first-order valence-corrected chi connectivity index (χ1v) is 7.38. The molecule has 116 valence electrons. The molecule has 0 spiro atoms. The standard InChI is InChI=1S/C14H27N3O3/c1-16-10-6-12(7-11-16)5-8-15-14(20)17(2)9-3-4-13(18)19/h12H,3-11H2,1-2H3,(H,15,20)(H,18,19). The van der Waals surface area contributed by atoms with E-state index in [9.17, 15) is 9.59 Å². The molecule has 0 saturated carbocycles. The van der Waals surface area contributed by atoms with Gasteiger partial charge < -0.3 is 20.2 Å². The van der Waals surface area contributed by atoms with Crippen LogP contribution >= 0.6 is 0 Å². The molecule has 1 aliphatic rings. The maximum Gasteiger partial charge on any atom is 0.317 e. The van der Waals surface area contributed by atoms with Crippen molar-refractivity contribution in [3.63, 3.8) is 0 Å². The van der Waals surface area contributed by atoms with E-state index in [-0.39, 0.29) is 12.5 Å². The van der Waals surface area contributed by atoms with Crippen molar-refractivity contribution in [2.75, 3.05) is 40.3 Å². The van der Waals surface area contributed by atoms with Gasteiger partial charge >= 0.3 is 12.0 Å². The number of hydrogen-bond donors (Lipinski definition) is 2. The number of nitrogens with zero attached hydrogens (tertiary/aromatic N) is 2. The van der Waals surface area contributed by atoms with Crippen molar-refractivity contribution in [1.82, 2.24) is 15.1 Å². The van der Waals surface area contributed by atoms with Crippen molar-refractivity contribution in [3.8, 4) is 0 Å². The summed E-state index contributed by atoms with van der Waals surface area (Å²) in [6.07, 6.45) is 4.05. The summed E-state index contributed by atoms with van der Waals surface area (Å²) in [5, 5.41) is 11.5. The zero-order valence-corrected chi connectivity index (χ0v) is 12.6. The van der Waals surface area contributed by atoms with Crippen LogP contribution < -0.4 is 5.32 Å². The Labute approximate surface area is 121 Å². The Morgan fingerprint density at radius 1 is 1.35 bits per heavy atom. The summed E-state index contributed by atoms with van der Waals surface area (Å²) >= 11 is 0. The van der Waals surface area contributed by atoms with Crippen LogP contribution in [-0.4, -0.2) is 67.2 Å². The van der Waals surface area contributed by atoms with Crippen LogP contribution in [0.4, 0.5) is 4.79 Å². The molecule has 2 amide bonds. The van der Waals surface area contributed by atoms with Crippen molar-refractivity contribution in [1.29, 1.82) is 0 Å². The summed E-state index contributed by atoms with van der Waals surface area (Å²) in [7, 11) is 3.84. The van der Waals surface area contributed by atoms with Gasteiger partial charge in [-0.15, -0.1) is 0 Å². The monoisotopic (exact) mass is 285 g/mol. The Bertz CT molecular complexity index is 315. The molecule has 0 radical (unpaired) electrons. The normalized spacial score (nSPS) is 16.9. The lowest BCUT2D eigenvalue weighted by Gasteiger charge is -2.29. The molecular formula is C14H27N3O3. The molecule has 0 atom stereocenters. The molecular weight excluding hydrogens is 258 g/mol. The lowest BCUT2D eigenvalue weighted by molar-refractivity contribution is -0.137. The largest absolute Gasteiger partial charge is 0.481 e. The van der Waals surface area contributed by atoms with E-state index in [2.05, 4.69) is 17.3 Å². The van der Waals surface area contributed by atoms with Gasteiger partial charge in [0, 0.05) is 26.6 Å². The number of urea groups is 1. The Morgan fingerprint density at radius 3 is 2.60 bits per heavy atom. The molecule has 0 aromatic rings. The van der Waals surface area contributed by atoms with E-state index in [0.717, 1.165) is 19.5 Å². The molecule has 0 aliphatic carbocycles. The topological polar surface area (TPSA) is 72.9 Å². The Kier molecular flexibility index (Phi) is 7.36. The van der Waals surface area contributed by atoms with Crippen molar-refractivity contribution < 1.29 is 14.7 Å². The minimum absolute atomic E-state index is 0.104. The van der Waals surface area contributed by atoms with Crippen molar-refractivity contribution in [3.05, 3.63) is 0 Å². The van der Waals surface area contributed by atoms with Crippen LogP contribution in [-0.2, 0) is 4.79 Å². The van der Waals surface area contributed by atoms with Crippen LogP contribution in [0, 0.1) is 5.92 Å². The van der Waals surface area contributed by atoms with Gasteiger partial charge in [0.05, 0.1) is 0 Å². The second-order valence-corrected chi connectivity index (χ2v) is 5.69.